The van der Waals surface area contributed by atoms with Crippen LogP contribution in [0.3, 0.4) is 0 Å². The van der Waals surface area contributed by atoms with E-state index in [1.54, 1.807) is 25.1 Å². The molecule has 0 aliphatic carbocycles. The van der Waals surface area contributed by atoms with Crippen LogP contribution in [0, 0.1) is 15.9 Å². The van der Waals surface area contributed by atoms with Crippen molar-refractivity contribution in [1.82, 2.24) is 4.98 Å². The van der Waals surface area contributed by atoms with Gasteiger partial charge in [-0.15, -0.1) is 0 Å². The smallest absolute Gasteiger partial charge is 0.406 e. The fourth-order valence-corrected chi connectivity index (χ4v) is 2.01. The molecule has 20 heavy (non-hydrogen) atoms. The van der Waals surface area contributed by atoms with Crippen LogP contribution in [0.4, 0.5) is 10.2 Å². The van der Waals surface area contributed by atoms with E-state index in [4.69, 9.17) is 4.74 Å². The molecule has 1 aromatic carbocycles. The lowest BCUT2D eigenvalue weighted by Gasteiger charge is -2.15. The number of hydrogen-bond donors (Lipinski definition) is 0. The molecule has 0 fully saturated rings. The van der Waals surface area contributed by atoms with Crippen molar-refractivity contribution in [2.24, 2.45) is 0 Å². The van der Waals surface area contributed by atoms with Crippen LogP contribution >= 0.6 is 15.9 Å². The zero-order valence-electron chi connectivity index (χ0n) is 10.4. The normalized spacial score (nSPS) is 11.9. The van der Waals surface area contributed by atoms with Gasteiger partial charge in [0.15, 0.2) is 6.20 Å². The molecule has 0 N–H and O–H groups in total. The van der Waals surface area contributed by atoms with Crippen molar-refractivity contribution in [2.45, 2.75) is 13.0 Å². The first-order valence-electron chi connectivity index (χ1n) is 5.70. The van der Waals surface area contributed by atoms with Gasteiger partial charge in [-0.25, -0.2) is 4.39 Å². The molecular weight excluding hydrogens is 331 g/mol. The van der Waals surface area contributed by atoms with Gasteiger partial charge >= 0.3 is 5.82 Å². The van der Waals surface area contributed by atoms with E-state index in [1.807, 2.05) is 0 Å². The molecule has 5 nitrogen and oxygen atoms in total. The molecule has 0 spiro atoms. The van der Waals surface area contributed by atoms with Gasteiger partial charge in [-0.2, -0.15) is 0 Å². The molecule has 7 heteroatoms. The molecule has 0 aliphatic heterocycles. The van der Waals surface area contributed by atoms with Crippen molar-refractivity contribution in [3.8, 4) is 5.75 Å². The summed E-state index contributed by atoms with van der Waals surface area (Å²) >= 11 is 3.17. The predicted molar refractivity (Wildman–Crippen MR) is 74.0 cm³/mol. The van der Waals surface area contributed by atoms with Crippen LogP contribution in [-0.4, -0.2) is 9.91 Å². The Hall–Kier alpha value is -2.02. The van der Waals surface area contributed by atoms with E-state index >= 15 is 0 Å². The zero-order valence-corrected chi connectivity index (χ0v) is 12.0. The summed E-state index contributed by atoms with van der Waals surface area (Å²) in [6, 6.07) is 7.54. The van der Waals surface area contributed by atoms with E-state index in [-0.39, 0.29) is 5.75 Å². The van der Waals surface area contributed by atoms with Gasteiger partial charge < -0.3 is 14.9 Å². The van der Waals surface area contributed by atoms with Crippen molar-refractivity contribution in [1.29, 1.82) is 0 Å². The van der Waals surface area contributed by atoms with Crippen LogP contribution < -0.4 is 4.74 Å². The first-order valence-corrected chi connectivity index (χ1v) is 6.49. The van der Waals surface area contributed by atoms with Gasteiger partial charge in [-0.3, -0.25) is 0 Å². The Morgan fingerprint density at radius 3 is 2.80 bits per heavy atom. The minimum Gasteiger partial charge on any atom is -0.478 e. The highest BCUT2D eigenvalue weighted by Crippen LogP contribution is 2.31. The van der Waals surface area contributed by atoms with E-state index in [9.17, 15) is 14.5 Å². The van der Waals surface area contributed by atoms with Crippen molar-refractivity contribution in [3.05, 3.63) is 62.5 Å². The summed E-state index contributed by atoms with van der Waals surface area (Å²) in [5.74, 6) is -0.845. The van der Waals surface area contributed by atoms with Gasteiger partial charge in [0.25, 0.3) is 0 Å². The summed E-state index contributed by atoms with van der Waals surface area (Å²) in [4.78, 5) is 13.9. The summed E-state index contributed by atoms with van der Waals surface area (Å²) in [6.45, 7) is 1.61. The topological polar surface area (TPSA) is 65.3 Å². The highest BCUT2D eigenvalue weighted by Gasteiger charge is 2.21. The molecule has 1 atom stereocenters. The van der Waals surface area contributed by atoms with Crippen molar-refractivity contribution >= 4 is 21.7 Å². The third-order valence-electron chi connectivity index (χ3n) is 2.62. The fourth-order valence-electron chi connectivity index (χ4n) is 1.70. The lowest BCUT2D eigenvalue weighted by molar-refractivity contribution is -0.390. The largest absolute Gasteiger partial charge is 0.478 e. The van der Waals surface area contributed by atoms with Crippen LogP contribution in [0.1, 0.15) is 18.6 Å². The number of pyridine rings is 1. The Labute approximate surface area is 122 Å². The molecule has 1 heterocycles. The Balaban J connectivity index is 2.32. The van der Waals surface area contributed by atoms with Crippen molar-refractivity contribution < 1.29 is 14.1 Å². The second kappa shape index (κ2) is 5.96. The molecule has 0 aliphatic rings. The molecule has 2 rings (SSSR count). The maximum atomic E-state index is 13.6. The number of rotatable bonds is 4. The number of aromatic nitrogens is 1. The van der Waals surface area contributed by atoms with Gasteiger partial charge in [0.1, 0.15) is 11.9 Å². The number of benzene rings is 1. The number of ether oxygens (including phenoxy) is 1. The summed E-state index contributed by atoms with van der Waals surface area (Å²) in [5, 5.41) is 10.9. The van der Waals surface area contributed by atoms with E-state index in [0.29, 0.717) is 10.0 Å². The Bertz CT molecular complexity index is 651. The molecule has 1 aromatic heterocycles. The standard InChI is InChI=1S/C13H10BrFN2O3/c1-8(10-4-2-3-5-11(10)15)20-12-6-9(14)7-16-13(12)17(18)19/h2-8H,1H3/t8-/m1/s1. The minimum absolute atomic E-state index is 0.0138. The molecular formula is C13H10BrFN2O3. The lowest BCUT2D eigenvalue weighted by atomic mass is 10.1. The van der Waals surface area contributed by atoms with E-state index in [1.165, 1.54) is 18.3 Å². The maximum Gasteiger partial charge on any atom is 0.406 e. The van der Waals surface area contributed by atoms with Crippen LogP contribution in [0.5, 0.6) is 5.75 Å². The molecule has 0 amide bonds. The van der Waals surface area contributed by atoms with E-state index in [2.05, 4.69) is 20.9 Å². The molecule has 0 bridgehead atoms. The SMILES string of the molecule is C[C@@H](Oc1cc(Br)cnc1[N+](=O)[O-])c1ccccc1F. The van der Waals surface area contributed by atoms with Crippen LogP contribution in [0.25, 0.3) is 0 Å². The molecule has 0 unspecified atom stereocenters. The molecule has 2 aromatic rings. The van der Waals surface area contributed by atoms with Crippen LogP contribution in [0.2, 0.25) is 0 Å². The molecule has 0 saturated heterocycles. The van der Waals surface area contributed by atoms with Crippen LogP contribution in [-0.2, 0) is 0 Å². The van der Waals surface area contributed by atoms with Gasteiger partial charge in [0.2, 0.25) is 5.75 Å². The monoisotopic (exact) mass is 340 g/mol. The third-order valence-corrected chi connectivity index (χ3v) is 3.05. The number of hydrogen-bond acceptors (Lipinski definition) is 4. The Kier molecular flexibility index (Phi) is 4.29. The third kappa shape index (κ3) is 3.11. The molecule has 0 saturated carbocycles. The molecule has 104 valence electrons. The number of nitrogens with zero attached hydrogens (tertiary/aromatic N) is 2. The van der Waals surface area contributed by atoms with Crippen molar-refractivity contribution in [3.63, 3.8) is 0 Å². The zero-order chi connectivity index (χ0) is 14.7. The first kappa shape index (κ1) is 14.4. The highest BCUT2D eigenvalue weighted by atomic mass is 79.9. The fraction of sp³-hybridized carbons (Fsp3) is 0.154. The number of halogens is 2. The first-order chi connectivity index (χ1) is 9.49. The van der Waals surface area contributed by atoms with Crippen LogP contribution in [0.15, 0.2) is 41.0 Å². The Morgan fingerprint density at radius 1 is 1.45 bits per heavy atom. The Morgan fingerprint density at radius 2 is 2.15 bits per heavy atom. The van der Waals surface area contributed by atoms with Gasteiger partial charge in [0.05, 0.1) is 4.47 Å². The second-order valence-electron chi connectivity index (χ2n) is 4.01. The average Bonchev–Trinajstić information content (AvgIpc) is 2.38. The van der Waals surface area contributed by atoms with E-state index in [0.717, 1.165) is 0 Å². The quantitative estimate of drug-likeness (QED) is 0.622. The predicted octanol–water partition coefficient (Wildman–Crippen LogP) is 4.03. The minimum atomic E-state index is -0.675. The van der Waals surface area contributed by atoms with Gasteiger partial charge in [-0.05, 0) is 38.8 Å². The highest BCUT2D eigenvalue weighted by molar-refractivity contribution is 9.10. The van der Waals surface area contributed by atoms with E-state index < -0.39 is 22.7 Å². The summed E-state index contributed by atoms with van der Waals surface area (Å²) in [7, 11) is 0. The summed E-state index contributed by atoms with van der Waals surface area (Å²) in [6.07, 6.45) is 0.629. The second-order valence-corrected chi connectivity index (χ2v) is 4.93. The maximum absolute atomic E-state index is 13.6. The summed E-state index contributed by atoms with van der Waals surface area (Å²) < 4.78 is 19.7. The average molecular weight is 341 g/mol. The van der Waals surface area contributed by atoms with Gasteiger partial charge in [-0.1, -0.05) is 18.2 Å². The molecule has 0 radical (unpaired) electrons. The van der Waals surface area contributed by atoms with Crippen molar-refractivity contribution in [2.75, 3.05) is 0 Å². The number of nitro groups is 1. The van der Waals surface area contributed by atoms with Gasteiger partial charge in [0, 0.05) is 11.6 Å². The lowest BCUT2D eigenvalue weighted by Crippen LogP contribution is -2.07. The summed E-state index contributed by atoms with van der Waals surface area (Å²) in [5.41, 5.74) is 0.321.